The molecule has 0 fully saturated rings. The maximum Gasteiger partial charge on any atom is 0.337 e. The van der Waals surface area contributed by atoms with Gasteiger partial charge in [0.2, 0.25) is 5.91 Å². The highest BCUT2D eigenvalue weighted by molar-refractivity contribution is 6.07. The van der Waals surface area contributed by atoms with Crippen LogP contribution in [0.2, 0.25) is 0 Å². The lowest BCUT2D eigenvalue weighted by atomic mass is 9.95. The Labute approximate surface area is 216 Å². The highest BCUT2D eigenvalue weighted by Crippen LogP contribution is 2.36. The third-order valence-electron chi connectivity index (χ3n) is 5.78. The summed E-state index contributed by atoms with van der Waals surface area (Å²) in [5.41, 5.74) is 4.12. The van der Waals surface area contributed by atoms with Crippen molar-refractivity contribution in [3.05, 3.63) is 83.8 Å². The lowest BCUT2D eigenvalue weighted by Crippen LogP contribution is -2.28. The van der Waals surface area contributed by atoms with Crippen molar-refractivity contribution in [1.82, 2.24) is 4.57 Å². The third-order valence-corrected chi connectivity index (χ3v) is 5.78. The van der Waals surface area contributed by atoms with Crippen molar-refractivity contribution in [2.45, 2.75) is 34.6 Å². The van der Waals surface area contributed by atoms with E-state index in [0.717, 1.165) is 27.7 Å². The number of carbonyl (C=O) groups is 2. The van der Waals surface area contributed by atoms with E-state index in [1.54, 1.807) is 24.3 Å². The largest absolute Gasteiger partial charge is 0.465 e. The molecule has 4 rings (SSSR count). The zero-order valence-electron chi connectivity index (χ0n) is 22.0. The number of aromatic nitrogens is 1. The van der Waals surface area contributed by atoms with Gasteiger partial charge in [-0.3, -0.25) is 4.79 Å². The number of rotatable bonds is 5. The minimum absolute atomic E-state index is 0.165. The molecule has 4 aromatic rings. The summed E-state index contributed by atoms with van der Waals surface area (Å²) >= 11 is 0. The van der Waals surface area contributed by atoms with Crippen LogP contribution in [0.4, 0.5) is 10.1 Å². The number of halogens is 1. The molecule has 0 bridgehead atoms. The predicted molar refractivity (Wildman–Crippen MR) is 147 cm³/mol. The van der Waals surface area contributed by atoms with Gasteiger partial charge in [-0.1, -0.05) is 46.8 Å². The molecule has 0 atom stereocenters. The zero-order chi connectivity index (χ0) is 27.3. The van der Waals surface area contributed by atoms with Crippen LogP contribution in [-0.4, -0.2) is 29.8 Å². The lowest BCUT2D eigenvalue weighted by Gasteiger charge is -2.19. The second kappa shape index (κ2) is 11.2. The van der Waals surface area contributed by atoms with Crippen LogP contribution >= 0.6 is 0 Å². The van der Waals surface area contributed by atoms with Gasteiger partial charge in [-0.15, -0.1) is 0 Å². The van der Waals surface area contributed by atoms with E-state index in [0.29, 0.717) is 16.8 Å². The number of nitrogens with zero attached hydrogens (tertiary/aromatic N) is 1. The van der Waals surface area contributed by atoms with Crippen molar-refractivity contribution in [2.24, 2.45) is 5.41 Å². The normalized spacial score (nSPS) is 10.9. The Bertz CT molecular complexity index is 1430. The number of amides is 1. The molecule has 0 radical (unpaired) electrons. The number of esters is 1. The first-order valence-corrected chi connectivity index (χ1v) is 12.1. The van der Waals surface area contributed by atoms with Gasteiger partial charge in [-0.05, 0) is 54.1 Å². The van der Waals surface area contributed by atoms with Gasteiger partial charge >= 0.3 is 5.97 Å². The maximum absolute atomic E-state index is 13.6. The van der Waals surface area contributed by atoms with E-state index in [1.165, 1.54) is 25.5 Å². The molecule has 0 aliphatic carbocycles. The van der Waals surface area contributed by atoms with Crippen LogP contribution in [0.15, 0.2) is 66.9 Å². The quantitative estimate of drug-likeness (QED) is 0.223. The van der Waals surface area contributed by atoms with Gasteiger partial charge in [0.05, 0.1) is 23.9 Å². The first-order valence-electron chi connectivity index (χ1n) is 12.1. The van der Waals surface area contributed by atoms with Gasteiger partial charge in [0.25, 0.3) is 0 Å². The number of carbonyl (C=O) groups excluding carboxylic acids is 2. The molecular formula is C30H32FN3O3. The average molecular weight is 502 g/mol. The molecule has 0 saturated heterocycles. The van der Waals surface area contributed by atoms with Gasteiger partial charge in [-0.25, -0.2) is 9.18 Å². The Kier molecular flexibility index (Phi) is 8.28. The van der Waals surface area contributed by atoms with Gasteiger partial charge in [-0.2, -0.15) is 0 Å². The van der Waals surface area contributed by atoms with Crippen LogP contribution in [0, 0.1) is 16.6 Å². The van der Waals surface area contributed by atoms with E-state index in [-0.39, 0.29) is 11.7 Å². The van der Waals surface area contributed by atoms with E-state index in [1.807, 2.05) is 69.6 Å². The SMILES string of the molecule is CC.COC(=O)c1ccc(-c2cn(-c3ccc(F)cc3)c3cc(C=N)c(NC(=O)C(C)(C)C)cc23)cc1. The number of nitrogens with one attached hydrogen (secondary N) is 2. The molecule has 0 aliphatic rings. The van der Waals surface area contributed by atoms with Crippen molar-refractivity contribution >= 4 is 34.7 Å². The molecule has 1 heterocycles. The minimum atomic E-state index is -0.610. The summed E-state index contributed by atoms with van der Waals surface area (Å²) in [5.74, 6) is -0.925. The second-order valence-electron chi connectivity index (χ2n) is 9.26. The molecule has 0 spiro atoms. The molecule has 7 heteroatoms. The van der Waals surface area contributed by atoms with Gasteiger partial charge in [0.1, 0.15) is 5.82 Å². The summed E-state index contributed by atoms with van der Waals surface area (Å²) < 4.78 is 20.3. The van der Waals surface area contributed by atoms with Gasteiger partial charge in [0.15, 0.2) is 0 Å². The summed E-state index contributed by atoms with van der Waals surface area (Å²) in [6.07, 6.45) is 3.12. The fourth-order valence-corrected chi connectivity index (χ4v) is 3.77. The molecular weight excluding hydrogens is 469 g/mol. The highest BCUT2D eigenvalue weighted by Gasteiger charge is 2.23. The number of anilines is 1. The summed E-state index contributed by atoms with van der Waals surface area (Å²) in [7, 11) is 1.33. The van der Waals surface area contributed by atoms with E-state index >= 15 is 0 Å². The Balaban J connectivity index is 0.00000186. The van der Waals surface area contributed by atoms with Crippen LogP contribution in [-0.2, 0) is 9.53 Å². The van der Waals surface area contributed by atoms with E-state index < -0.39 is 11.4 Å². The first kappa shape index (κ1) is 27.3. The number of methoxy groups -OCH3 is 1. The lowest BCUT2D eigenvalue weighted by molar-refractivity contribution is -0.123. The van der Waals surface area contributed by atoms with Crippen LogP contribution in [0.25, 0.3) is 27.7 Å². The zero-order valence-corrected chi connectivity index (χ0v) is 22.0. The molecule has 0 saturated carbocycles. The number of fused-ring (bicyclic) bond motifs is 1. The van der Waals surface area contributed by atoms with Crippen molar-refractivity contribution in [1.29, 1.82) is 5.41 Å². The Morgan fingerprint density at radius 1 is 1.00 bits per heavy atom. The molecule has 192 valence electrons. The standard InChI is InChI=1S/C28H26FN3O3.C2H6/c1-28(2,3)27(34)31-24-14-22-23(17-5-7-18(8-6-17)26(33)35-4)16-32(25(22)13-19(24)15-30)21-11-9-20(29)10-12-21;1-2/h5-16,30H,1-4H3,(H,31,34);1-2H3. The summed E-state index contributed by atoms with van der Waals surface area (Å²) in [6, 6.07) is 16.9. The van der Waals surface area contributed by atoms with Crippen molar-refractivity contribution in [3.8, 4) is 16.8 Å². The van der Waals surface area contributed by atoms with E-state index in [4.69, 9.17) is 10.1 Å². The molecule has 37 heavy (non-hydrogen) atoms. The first-order chi connectivity index (χ1) is 17.6. The van der Waals surface area contributed by atoms with Gasteiger partial charge < -0.3 is 20.0 Å². The monoisotopic (exact) mass is 501 g/mol. The number of ether oxygens (including phenoxy) is 1. The minimum Gasteiger partial charge on any atom is -0.465 e. The number of benzene rings is 3. The third kappa shape index (κ3) is 5.77. The summed E-state index contributed by atoms with van der Waals surface area (Å²) in [4.78, 5) is 24.6. The van der Waals surface area contributed by atoms with Gasteiger partial charge in [0, 0.05) is 40.0 Å². The smallest absolute Gasteiger partial charge is 0.337 e. The van der Waals surface area contributed by atoms with E-state index in [9.17, 15) is 14.0 Å². The Morgan fingerprint density at radius 3 is 2.16 bits per heavy atom. The Morgan fingerprint density at radius 2 is 1.62 bits per heavy atom. The fraction of sp³-hybridized carbons (Fsp3) is 0.233. The predicted octanol–water partition coefficient (Wildman–Crippen LogP) is 7.23. The Hall–Kier alpha value is -4.26. The molecule has 0 aliphatic heterocycles. The van der Waals surface area contributed by atoms with Crippen LogP contribution in [0.3, 0.4) is 0 Å². The molecule has 2 N–H and O–H groups in total. The summed E-state index contributed by atoms with van der Waals surface area (Å²) in [6.45, 7) is 9.47. The summed E-state index contributed by atoms with van der Waals surface area (Å²) in [5, 5.41) is 11.7. The molecule has 1 aromatic heterocycles. The second-order valence-corrected chi connectivity index (χ2v) is 9.26. The van der Waals surface area contributed by atoms with Crippen molar-refractivity contribution in [2.75, 3.05) is 12.4 Å². The topological polar surface area (TPSA) is 84.2 Å². The van der Waals surface area contributed by atoms with Crippen molar-refractivity contribution in [3.63, 3.8) is 0 Å². The molecule has 0 unspecified atom stereocenters. The maximum atomic E-state index is 13.6. The van der Waals surface area contributed by atoms with Crippen molar-refractivity contribution < 1.29 is 18.7 Å². The van der Waals surface area contributed by atoms with Crippen LogP contribution < -0.4 is 5.32 Å². The number of hydrogen-bond acceptors (Lipinski definition) is 4. The van der Waals surface area contributed by atoms with E-state index in [2.05, 4.69) is 5.32 Å². The molecule has 3 aromatic carbocycles. The molecule has 1 amide bonds. The fourth-order valence-electron chi connectivity index (χ4n) is 3.77. The van der Waals surface area contributed by atoms with Crippen LogP contribution in [0.1, 0.15) is 50.5 Å². The number of hydrogen-bond donors (Lipinski definition) is 2. The molecule has 6 nitrogen and oxygen atoms in total. The van der Waals surface area contributed by atoms with Crippen LogP contribution in [0.5, 0.6) is 0 Å². The average Bonchev–Trinajstić information content (AvgIpc) is 3.27. The highest BCUT2D eigenvalue weighted by atomic mass is 19.1.